The van der Waals surface area contributed by atoms with Crippen molar-refractivity contribution in [3.63, 3.8) is 0 Å². The number of nitrogens with one attached hydrogen (secondary N) is 5. The van der Waals surface area contributed by atoms with E-state index in [1.54, 1.807) is 19.1 Å². The van der Waals surface area contributed by atoms with Crippen LogP contribution in [0, 0.1) is 11.6 Å². The van der Waals surface area contributed by atoms with E-state index in [0.29, 0.717) is 53.9 Å². The van der Waals surface area contributed by atoms with Crippen LogP contribution < -0.4 is 26.0 Å². The van der Waals surface area contributed by atoms with Gasteiger partial charge in [0, 0.05) is 56.7 Å². The molecule has 5 rings (SSSR count). The summed E-state index contributed by atoms with van der Waals surface area (Å²) >= 11 is 0. The molecule has 288 valence electrons. The first kappa shape index (κ1) is 39.7. The summed E-state index contributed by atoms with van der Waals surface area (Å²) in [5.74, 6) is 2.09. The number of aromatic nitrogens is 2. The van der Waals surface area contributed by atoms with Crippen molar-refractivity contribution in [2.24, 2.45) is 0 Å². The van der Waals surface area contributed by atoms with Crippen LogP contribution in [0.2, 0.25) is 0 Å². The molecule has 2 heterocycles. The molecular weight excluding hydrogens is 738 g/mol. The van der Waals surface area contributed by atoms with Crippen LogP contribution in [-0.4, -0.2) is 94.9 Å². The highest BCUT2D eigenvalue weighted by atomic mass is 32.2. The lowest BCUT2D eigenvalue weighted by molar-refractivity contribution is -0.137. The maximum atomic E-state index is 15.4. The molecule has 0 spiro atoms. The maximum absolute atomic E-state index is 15.4. The number of benzene rings is 3. The third-order valence-corrected chi connectivity index (χ3v) is 9.68. The maximum Gasteiger partial charge on any atom is 0.418 e. The number of hydrogen-bond acceptors (Lipinski definition) is 10. The normalized spacial score (nSPS) is 14.8. The Morgan fingerprint density at radius 2 is 1.70 bits per heavy atom. The van der Waals surface area contributed by atoms with Gasteiger partial charge in [0.15, 0.2) is 0 Å². The molecule has 54 heavy (non-hydrogen) atoms. The van der Waals surface area contributed by atoms with Crippen LogP contribution in [0.3, 0.4) is 0 Å². The van der Waals surface area contributed by atoms with E-state index >= 15 is 4.39 Å². The Morgan fingerprint density at radius 1 is 0.963 bits per heavy atom. The fourth-order valence-corrected chi connectivity index (χ4v) is 6.37. The van der Waals surface area contributed by atoms with Gasteiger partial charge in [0.1, 0.15) is 17.5 Å². The molecule has 0 bridgehead atoms. The number of anilines is 5. The van der Waals surface area contributed by atoms with Crippen molar-refractivity contribution in [1.29, 1.82) is 0 Å². The molecule has 1 saturated heterocycles. The topological polar surface area (TPSA) is 153 Å². The van der Waals surface area contributed by atoms with Gasteiger partial charge in [0.25, 0.3) is 0 Å². The lowest BCUT2D eigenvalue weighted by atomic mass is 10.1. The fraction of sp³-hybridized carbons (Fsp3) is 0.286. The molecule has 13 nitrogen and oxygen atoms in total. The summed E-state index contributed by atoms with van der Waals surface area (Å²) < 4.78 is 89.1. The Labute approximate surface area is 308 Å². The lowest BCUT2D eigenvalue weighted by Gasteiger charge is -2.32. The van der Waals surface area contributed by atoms with Crippen molar-refractivity contribution < 1.29 is 40.5 Å². The van der Waals surface area contributed by atoms with Gasteiger partial charge in [-0.3, -0.25) is 4.90 Å². The molecule has 1 fully saturated rings. The van der Waals surface area contributed by atoms with Crippen molar-refractivity contribution in [3.8, 4) is 11.1 Å². The van der Waals surface area contributed by atoms with Crippen LogP contribution in [0.1, 0.15) is 12.5 Å². The van der Waals surface area contributed by atoms with Gasteiger partial charge < -0.3 is 30.9 Å². The summed E-state index contributed by atoms with van der Waals surface area (Å²) in [6.07, 6.45) is -4.20. The average Bonchev–Trinajstić information content (AvgIpc) is 3.11. The van der Waals surface area contributed by atoms with E-state index < -0.39 is 50.9 Å². The molecule has 1 atom stereocenters. The zero-order chi connectivity index (χ0) is 39.0. The summed E-state index contributed by atoms with van der Waals surface area (Å²) in [6, 6.07) is 10.5. The molecule has 3 amide bonds. The van der Waals surface area contributed by atoms with E-state index in [1.807, 2.05) is 5.32 Å². The van der Waals surface area contributed by atoms with E-state index in [1.165, 1.54) is 30.5 Å². The number of urea groups is 1. The van der Waals surface area contributed by atoms with Gasteiger partial charge in [-0.1, -0.05) is 12.1 Å². The van der Waals surface area contributed by atoms with Gasteiger partial charge in [-0.2, -0.15) is 18.2 Å². The molecule has 1 aliphatic rings. The Balaban J connectivity index is 1.36. The van der Waals surface area contributed by atoms with Crippen LogP contribution in [0.4, 0.5) is 60.4 Å². The second-order valence-electron chi connectivity index (χ2n) is 12.1. The largest absolute Gasteiger partial charge is 0.449 e. The van der Waals surface area contributed by atoms with Crippen LogP contribution >= 0.6 is 0 Å². The lowest BCUT2D eigenvalue weighted by Crippen LogP contribution is -2.45. The van der Waals surface area contributed by atoms with E-state index in [4.69, 9.17) is 4.74 Å². The molecular formula is C35H38F5N9O4S. The smallest absolute Gasteiger partial charge is 0.418 e. The number of rotatable bonds is 12. The van der Waals surface area contributed by atoms with E-state index in [0.717, 1.165) is 32.2 Å². The second-order valence-corrected chi connectivity index (χ2v) is 14.2. The number of amides is 3. The van der Waals surface area contributed by atoms with Crippen LogP contribution in [0.15, 0.2) is 71.8 Å². The number of hydrogen-bond donors (Lipinski definition) is 5. The first-order valence-electron chi connectivity index (χ1n) is 16.6. The predicted octanol–water partition coefficient (Wildman–Crippen LogP) is 6.22. The van der Waals surface area contributed by atoms with Gasteiger partial charge in [0.2, 0.25) is 5.95 Å². The van der Waals surface area contributed by atoms with E-state index in [2.05, 4.69) is 53.4 Å². The monoisotopic (exact) mass is 775 g/mol. The zero-order valence-electron chi connectivity index (χ0n) is 29.2. The Kier molecular flexibility index (Phi) is 12.5. The van der Waals surface area contributed by atoms with Gasteiger partial charge in [0.05, 0.1) is 38.1 Å². The number of nitrogens with zero attached hydrogens (tertiary/aromatic N) is 4. The molecule has 0 radical (unpaired) electrons. The number of alkyl halides is 3. The Hall–Kier alpha value is -5.53. The molecule has 4 aromatic rings. The highest BCUT2D eigenvalue weighted by molar-refractivity contribution is 7.99. The summed E-state index contributed by atoms with van der Waals surface area (Å²) in [6.45, 7) is 6.47. The zero-order valence-corrected chi connectivity index (χ0v) is 30.0. The summed E-state index contributed by atoms with van der Waals surface area (Å²) in [5, 5.41) is 10.5. The van der Waals surface area contributed by atoms with Gasteiger partial charge in [-0.05, 0) is 73.9 Å². The van der Waals surface area contributed by atoms with Crippen LogP contribution in [0.25, 0.3) is 11.1 Å². The van der Waals surface area contributed by atoms with Gasteiger partial charge in [-0.25, -0.2) is 32.3 Å². The molecule has 0 saturated carbocycles. The molecule has 1 aromatic heterocycles. The third-order valence-electron chi connectivity index (χ3n) is 8.17. The number of carbonyl (C=O) groups is 2. The standard InChI is InChI=1S/C35H38F5N9O4S/c1-4-53-34(51)47-54(3,52)25-7-5-6-24(20-25)43-32-42-21-26(31(46-32)41-12-13-49-16-14-48(2)15-17-49)22-8-11-29(28(37)18-22)44-33(50)45-30-19-23(35(38,39)40)9-10-27(30)36/h5-11,18-21H,3-4,12-17H2,1-2H3,(H2,44,45,50)(H,47,51,52)(H2,41,42,43,46). The fourth-order valence-electron chi connectivity index (χ4n) is 5.31. The average molecular weight is 776 g/mol. The highest BCUT2D eigenvalue weighted by Gasteiger charge is 2.31. The SMILES string of the molecule is C=S(=O)(NC(=O)OCC)c1cccc(Nc2ncc(-c3ccc(NC(=O)Nc4cc(C(F)(F)F)ccc4F)c(F)c3)c(NCCN3CCN(C)CC3)n2)c1. The van der Waals surface area contributed by atoms with Crippen LogP contribution in [-0.2, 0) is 20.6 Å². The minimum atomic E-state index is -4.77. The number of likely N-dealkylation sites (N-methyl/N-ethyl adjacent to an activating group) is 1. The Morgan fingerprint density at radius 3 is 2.41 bits per heavy atom. The first-order chi connectivity index (χ1) is 25.6. The van der Waals surface area contributed by atoms with Crippen LogP contribution in [0.5, 0.6) is 0 Å². The molecule has 1 aliphatic heterocycles. The molecule has 0 aliphatic carbocycles. The Bertz CT molecular complexity index is 2100. The number of piperazine rings is 1. The number of halogens is 5. The van der Waals surface area contributed by atoms with Crippen molar-refractivity contribution in [3.05, 3.63) is 84.1 Å². The second kappa shape index (κ2) is 17.1. The summed E-state index contributed by atoms with van der Waals surface area (Å²) in [5.41, 5.74) is -1.10. The van der Waals surface area contributed by atoms with Crippen molar-refractivity contribution >= 4 is 56.5 Å². The number of ether oxygens (including phenoxy) is 1. The van der Waals surface area contributed by atoms with E-state index in [9.17, 15) is 31.4 Å². The highest BCUT2D eigenvalue weighted by Crippen LogP contribution is 2.33. The van der Waals surface area contributed by atoms with Crippen molar-refractivity contribution in [1.82, 2.24) is 24.5 Å². The van der Waals surface area contributed by atoms with Crippen molar-refractivity contribution in [2.75, 3.05) is 74.2 Å². The third kappa shape index (κ3) is 10.5. The molecule has 5 N–H and O–H groups in total. The van der Waals surface area contributed by atoms with Gasteiger partial charge in [-0.15, -0.1) is 0 Å². The molecule has 19 heteroatoms. The minimum Gasteiger partial charge on any atom is -0.449 e. The minimum absolute atomic E-state index is 0.0849. The first-order valence-corrected chi connectivity index (χ1v) is 18.3. The quantitative estimate of drug-likeness (QED) is 0.0828. The predicted molar refractivity (Wildman–Crippen MR) is 197 cm³/mol. The van der Waals surface area contributed by atoms with Crippen molar-refractivity contribution in [2.45, 2.75) is 18.0 Å². The van der Waals surface area contributed by atoms with Gasteiger partial charge >= 0.3 is 18.3 Å². The summed E-state index contributed by atoms with van der Waals surface area (Å²) in [4.78, 5) is 38.2. The number of carbonyl (C=O) groups excluding carboxylic acids is 2. The van der Waals surface area contributed by atoms with E-state index in [-0.39, 0.29) is 23.1 Å². The molecule has 3 aromatic carbocycles. The summed E-state index contributed by atoms with van der Waals surface area (Å²) in [7, 11) is -1.21. The molecule has 1 unspecified atom stereocenters.